The number of carbonyl (C=O) groups is 2. The maximum atomic E-state index is 12.6. The number of hydrogen-bond acceptors (Lipinski definition) is 5. The van der Waals surface area contributed by atoms with Gasteiger partial charge < -0.3 is 9.64 Å². The number of amides is 1. The zero-order valence-electron chi connectivity index (χ0n) is 16.4. The van der Waals surface area contributed by atoms with Crippen LogP contribution in [0.4, 0.5) is 0 Å². The van der Waals surface area contributed by atoms with Crippen molar-refractivity contribution in [3.05, 3.63) is 46.8 Å². The van der Waals surface area contributed by atoms with E-state index >= 15 is 0 Å². The van der Waals surface area contributed by atoms with Crippen LogP contribution in [0.15, 0.2) is 24.3 Å². The van der Waals surface area contributed by atoms with Gasteiger partial charge in [0.05, 0.1) is 18.5 Å². The summed E-state index contributed by atoms with van der Waals surface area (Å²) in [6, 6.07) is 7.35. The van der Waals surface area contributed by atoms with E-state index in [2.05, 4.69) is 5.10 Å². The number of esters is 1. The minimum atomic E-state index is -0.805. The summed E-state index contributed by atoms with van der Waals surface area (Å²) in [4.78, 5) is 25.8. The third-order valence-corrected chi connectivity index (χ3v) is 6.35. The molecule has 1 fully saturated rings. The van der Waals surface area contributed by atoms with Crippen molar-refractivity contribution in [2.24, 2.45) is 0 Å². The van der Waals surface area contributed by atoms with Crippen molar-refractivity contribution >= 4 is 22.7 Å². The highest BCUT2D eigenvalue weighted by Crippen LogP contribution is 2.20. The highest BCUT2D eigenvalue weighted by Gasteiger charge is 2.21. The van der Waals surface area contributed by atoms with Crippen molar-refractivity contribution < 1.29 is 18.5 Å². The molecule has 0 bridgehead atoms. The second-order valence-electron chi connectivity index (χ2n) is 6.82. The van der Waals surface area contributed by atoms with Gasteiger partial charge in [-0.3, -0.25) is 13.8 Å². The summed E-state index contributed by atoms with van der Waals surface area (Å²) >= 11 is 0. The van der Waals surface area contributed by atoms with Gasteiger partial charge in [-0.25, -0.2) is 4.68 Å². The van der Waals surface area contributed by atoms with Gasteiger partial charge in [0.2, 0.25) is 0 Å². The Balaban J connectivity index is 1.75. The van der Waals surface area contributed by atoms with E-state index in [1.807, 2.05) is 30.7 Å². The van der Waals surface area contributed by atoms with Crippen molar-refractivity contribution in [2.45, 2.75) is 26.7 Å². The number of ether oxygens (including phenoxy) is 1. The number of hydrogen-bond donors (Lipinski definition) is 0. The number of carbonyl (C=O) groups excluding carboxylic acids is 2. The first-order valence-corrected chi connectivity index (χ1v) is 10.8. The van der Waals surface area contributed by atoms with Gasteiger partial charge in [-0.2, -0.15) is 5.10 Å². The van der Waals surface area contributed by atoms with E-state index < -0.39 is 10.8 Å². The molecule has 0 saturated carbocycles. The van der Waals surface area contributed by atoms with Crippen LogP contribution < -0.4 is 0 Å². The third-order valence-electron chi connectivity index (χ3n) is 5.07. The molecule has 7 nitrogen and oxygen atoms in total. The third kappa shape index (κ3) is 4.32. The van der Waals surface area contributed by atoms with Gasteiger partial charge >= 0.3 is 5.97 Å². The molecule has 0 unspecified atom stereocenters. The fraction of sp³-hybridized carbons (Fsp3) is 0.450. The van der Waals surface area contributed by atoms with Crippen LogP contribution in [-0.2, 0) is 26.8 Å². The van der Waals surface area contributed by atoms with Crippen LogP contribution >= 0.6 is 0 Å². The molecule has 150 valence electrons. The summed E-state index contributed by atoms with van der Waals surface area (Å²) in [5.41, 5.74) is 4.36. The molecule has 1 aromatic carbocycles. The number of methoxy groups -OCH3 is 1. The minimum Gasteiger partial charge on any atom is -0.469 e. The molecule has 0 atom stereocenters. The molecule has 0 radical (unpaired) electrons. The minimum absolute atomic E-state index is 0.0321. The Labute approximate surface area is 167 Å². The predicted molar refractivity (Wildman–Crippen MR) is 107 cm³/mol. The summed E-state index contributed by atoms with van der Waals surface area (Å²) < 4.78 is 18.0. The standard InChI is InChI=1S/C20H25N3O4S/c1-14-18(8-9-19(24)27-3)15(2)23(21-14)17-6-4-16(5-7-17)20(25)22-10-12-28(26)13-11-22/h4-7H,8-13H2,1-3H3. The van der Waals surface area contributed by atoms with Crippen LogP contribution in [0.25, 0.3) is 5.69 Å². The van der Waals surface area contributed by atoms with Gasteiger partial charge in [-0.05, 0) is 50.1 Å². The molecule has 1 aromatic heterocycles. The topological polar surface area (TPSA) is 81.5 Å². The number of nitrogens with zero attached hydrogens (tertiary/aromatic N) is 3. The second-order valence-corrected chi connectivity index (χ2v) is 8.52. The largest absolute Gasteiger partial charge is 0.469 e. The van der Waals surface area contributed by atoms with E-state index in [0.29, 0.717) is 43.0 Å². The molecule has 1 saturated heterocycles. The van der Waals surface area contributed by atoms with Gasteiger partial charge in [-0.15, -0.1) is 0 Å². The lowest BCUT2D eigenvalue weighted by Gasteiger charge is -2.26. The lowest BCUT2D eigenvalue weighted by atomic mass is 10.1. The van der Waals surface area contributed by atoms with Crippen LogP contribution in [0.2, 0.25) is 0 Å². The number of aryl methyl sites for hydroxylation is 1. The van der Waals surface area contributed by atoms with Crippen LogP contribution in [0.1, 0.15) is 33.7 Å². The molecule has 2 aromatic rings. The molecular formula is C20H25N3O4S. The Hall–Kier alpha value is -2.48. The molecule has 8 heteroatoms. The quantitative estimate of drug-likeness (QED) is 0.711. The fourth-order valence-electron chi connectivity index (χ4n) is 3.39. The van der Waals surface area contributed by atoms with Crippen molar-refractivity contribution in [1.82, 2.24) is 14.7 Å². The van der Waals surface area contributed by atoms with Crippen molar-refractivity contribution in [3.63, 3.8) is 0 Å². The van der Waals surface area contributed by atoms with E-state index in [1.165, 1.54) is 7.11 Å². The smallest absolute Gasteiger partial charge is 0.305 e. The van der Waals surface area contributed by atoms with E-state index in [4.69, 9.17) is 4.74 Å². The number of rotatable bonds is 5. The Morgan fingerprint density at radius 1 is 1.14 bits per heavy atom. The van der Waals surface area contributed by atoms with Gasteiger partial charge in [-0.1, -0.05) is 0 Å². The van der Waals surface area contributed by atoms with E-state index in [1.54, 1.807) is 17.0 Å². The molecule has 3 rings (SSSR count). The van der Waals surface area contributed by atoms with Gasteiger partial charge in [0.15, 0.2) is 0 Å². The zero-order chi connectivity index (χ0) is 20.3. The molecular weight excluding hydrogens is 378 g/mol. The Bertz CT molecular complexity index is 895. The lowest BCUT2D eigenvalue weighted by molar-refractivity contribution is -0.140. The number of aromatic nitrogens is 2. The SMILES string of the molecule is COC(=O)CCc1c(C)nn(-c2ccc(C(=O)N3CCS(=O)CC3)cc2)c1C. The first-order valence-electron chi connectivity index (χ1n) is 9.27. The molecule has 28 heavy (non-hydrogen) atoms. The van der Waals surface area contributed by atoms with E-state index in [9.17, 15) is 13.8 Å². The Morgan fingerprint density at radius 3 is 2.39 bits per heavy atom. The van der Waals surface area contributed by atoms with Crippen LogP contribution in [0, 0.1) is 13.8 Å². The van der Waals surface area contributed by atoms with Crippen LogP contribution in [-0.4, -0.2) is 62.5 Å². The molecule has 0 spiro atoms. The highest BCUT2D eigenvalue weighted by molar-refractivity contribution is 7.85. The summed E-state index contributed by atoms with van der Waals surface area (Å²) in [5.74, 6) is 0.819. The highest BCUT2D eigenvalue weighted by atomic mass is 32.2. The summed E-state index contributed by atoms with van der Waals surface area (Å²) in [6.07, 6.45) is 0.898. The second kappa shape index (κ2) is 8.68. The maximum Gasteiger partial charge on any atom is 0.305 e. The van der Waals surface area contributed by atoms with Crippen molar-refractivity contribution in [1.29, 1.82) is 0 Å². The molecule has 1 aliphatic rings. The summed E-state index contributed by atoms with van der Waals surface area (Å²) in [7, 11) is 0.581. The van der Waals surface area contributed by atoms with Crippen molar-refractivity contribution in [2.75, 3.05) is 31.7 Å². The summed E-state index contributed by atoms with van der Waals surface area (Å²) in [6.45, 7) is 4.97. The maximum absolute atomic E-state index is 12.6. The average molecular weight is 404 g/mol. The summed E-state index contributed by atoms with van der Waals surface area (Å²) in [5, 5.41) is 4.59. The van der Waals surface area contributed by atoms with Gasteiger partial charge in [0, 0.05) is 53.1 Å². The molecule has 0 aliphatic carbocycles. The predicted octanol–water partition coefficient (Wildman–Crippen LogP) is 1.80. The van der Waals surface area contributed by atoms with Crippen molar-refractivity contribution in [3.8, 4) is 5.69 Å². The molecule has 1 amide bonds. The van der Waals surface area contributed by atoms with Gasteiger partial charge in [0.25, 0.3) is 5.91 Å². The zero-order valence-corrected chi connectivity index (χ0v) is 17.3. The first-order chi connectivity index (χ1) is 13.4. The molecule has 0 N–H and O–H groups in total. The fourth-order valence-corrected chi connectivity index (χ4v) is 4.44. The van der Waals surface area contributed by atoms with E-state index in [-0.39, 0.29) is 11.9 Å². The van der Waals surface area contributed by atoms with Crippen LogP contribution in [0.3, 0.4) is 0 Å². The monoisotopic (exact) mass is 403 g/mol. The lowest BCUT2D eigenvalue weighted by Crippen LogP contribution is -2.41. The Morgan fingerprint density at radius 2 is 1.79 bits per heavy atom. The first kappa shape index (κ1) is 20.3. The normalized spacial score (nSPS) is 14.9. The van der Waals surface area contributed by atoms with Gasteiger partial charge in [0.1, 0.15) is 0 Å². The van der Waals surface area contributed by atoms with Crippen LogP contribution in [0.5, 0.6) is 0 Å². The Kier molecular flexibility index (Phi) is 6.28. The molecule has 1 aliphatic heterocycles. The average Bonchev–Trinajstić information content (AvgIpc) is 3.00. The van der Waals surface area contributed by atoms with E-state index in [0.717, 1.165) is 22.6 Å². The number of benzene rings is 1. The molecule has 2 heterocycles.